The molecule has 0 aromatic rings. The molecule has 0 aromatic heterocycles. The maximum absolute atomic E-state index is 10.5. The molecule has 0 aliphatic rings. The van der Waals surface area contributed by atoms with Gasteiger partial charge in [0.25, 0.3) is 0 Å². The van der Waals surface area contributed by atoms with Gasteiger partial charge in [0.1, 0.15) is 6.61 Å². The smallest absolute Gasteiger partial charge is 0.302 e. The van der Waals surface area contributed by atoms with Crippen LogP contribution < -0.4 is 0 Å². The summed E-state index contributed by atoms with van der Waals surface area (Å²) in [4.78, 5) is 10.5. The molecule has 0 radical (unpaired) electrons. The van der Waals surface area contributed by atoms with E-state index in [1.54, 1.807) is 6.08 Å². The molecule has 0 saturated heterocycles. The standard InChI is InChI=1S/C11H18O3/c1-9(6-7-12)4-5-10(2)8-14-11(3)13/h5-6,12H,4,7-8H2,1-3H3/b9-6+,10-5+. The first-order valence-electron chi connectivity index (χ1n) is 4.61. The Labute approximate surface area is 85.1 Å². The van der Waals surface area contributed by atoms with Gasteiger partial charge in [0.05, 0.1) is 6.61 Å². The Kier molecular flexibility index (Phi) is 6.76. The first-order valence-corrected chi connectivity index (χ1v) is 4.61. The highest BCUT2D eigenvalue weighted by molar-refractivity contribution is 5.66. The number of hydrogen-bond donors (Lipinski definition) is 1. The Hall–Kier alpha value is -1.09. The molecule has 0 amide bonds. The zero-order chi connectivity index (χ0) is 11.0. The van der Waals surface area contributed by atoms with Crippen LogP contribution in [0, 0.1) is 0 Å². The Morgan fingerprint density at radius 3 is 2.36 bits per heavy atom. The summed E-state index contributed by atoms with van der Waals surface area (Å²) in [6, 6.07) is 0. The molecular weight excluding hydrogens is 180 g/mol. The van der Waals surface area contributed by atoms with Crippen molar-refractivity contribution in [3.8, 4) is 0 Å². The van der Waals surface area contributed by atoms with Crippen LogP contribution in [0.25, 0.3) is 0 Å². The van der Waals surface area contributed by atoms with Crippen LogP contribution in [0.15, 0.2) is 23.3 Å². The van der Waals surface area contributed by atoms with Gasteiger partial charge in [0, 0.05) is 6.92 Å². The normalized spacial score (nSPS) is 12.9. The number of hydrogen-bond acceptors (Lipinski definition) is 3. The predicted molar refractivity (Wildman–Crippen MR) is 55.8 cm³/mol. The molecule has 1 N–H and O–H groups in total. The molecule has 0 heterocycles. The number of esters is 1. The Morgan fingerprint density at radius 2 is 1.86 bits per heavy atom. The second-order valence-electron chi connectivity index (χ2n) is 3.27. The van der Waals surface area contributed by atoms with Gasteiger partial charge in [-0.05, 0) is 25.8 Å². The minimum Gasteiger partial charge on any atom is -0.461 e. The monoisotopic (exact) mass is 198 g/mol. The van der Waals surface area contributed by atoms with Crippen LogP contribution in [-0.2, 0) is 9.53 Å². The molecule has 0 unspecified atom stereocenters. The molecule has 14 heavy (non-hydrogen) atoms. The van der Waals surface area contributed by atoms with Crippen molar-refractivity contribution in [2.45, 2.75) is 27.2 Å². The molecule has 0 aliphatic heterocycles. The van der Waals surface area contributed by atoms with Gasteiger partial charge in [-0.3, -0.25) is 4.79 Å². The topological polar surface area (TPSA) is 46.5 Å². The zero-order valence-corrected chi connectivity index (χ0v) is 9.04. The van der Waals surface area contributed by atoms with Crippen LogP contribution in [0.5, 0.6) is 0 Å². The van der Waals surface area contributed by atoms with Gasteiger partial charge in [-0.2, -0.15) is 0 Å². The highest BCUT2D eigenvalue weighted by Crippen LogP contribution is 2.04. The number of rotatable bonds is 5. The molecule has 3 nitrogen and oxygen atoms in total. The number of carbonyl (C=O) groups is 1. The highest BCUT2D eigenvalue weighted by Gasteiger charge is 1.94. The van der Waals surface area contributed by atoms with Crippen LogP contribution in [0.2, 0.25) is 0 Å². The maximum Gasteiger partial charge on any atom is 0.302 e. The Bertz CT molecular complexity index is 239. The van der Waals surface area contributed by atoms with E-state index in [1.165, 1.54) is 6.92 Å². The molecule has 0 atom stereocenters. The average molecular weight is 198 g/mol. The fourth-order valence-electron chi connectivity index (χ4n) is 0.849. The zero-order valence-electron chi connectivity index (χ0n) is 9.04. The molecule has 3 heteroatoms. The van der Waals surface area contributed by atoms with E-state index in [-0.39, 0.29) is 12.6 Å². The van der Waals surface area contributed by atoms with Crippen LogP contribution in [0.3, 0.4) is 0 Å². The third-order valence-corrected chi connectivity index (χ3v) is 1.72. The number of allylic oxidation sites excluding steroid dienone is 2. The number of aliphatic hydroxyl groups excluding tert-OH is 1. The van der Waals surface area contributed by atoms with Crippen LogP contribution >= 0.6 is 0 Å². The largest absolute Gasteiger partial charge is 0.461 e. The number of ether oxygens (including phenoxy) is 1. The van der Waals surface area contributed by atoms with E-state index in [9.17, 15) is 4.79 Å². The summed E-state index contributed by atoms with van der Waals surface area (Å²) in [6.45, 7) is 5.68. The lowest BCUT2D eigenvalue weighted by Gasteiger charge is -2.02. The van der Waals surface area contributed by atoms with Crippen molar-refractivity contribution >= 4 is 5.97 Å². The van der Waals surface area contributed by atoms with Gasteiger partial charge in [-0.25, -0.2) is 0 Å². The van der Waals surface area contributed by atoms with Crippen molar-refractivity contribution < 1.29 is 14.6 Å². The summed E-state index contributed by atoms with van der Waals surface area (Å²) in [6.07, 6.45) is 4.54. The van der Waals surface area contributed by atoms with Gasteiger partial charge in [0.15, 0.2) is 0 Å². The van der Waals surface area contributed by atoms with Gasteiger partial charge < -0.3 is 9.84 Å². The summed E-state index contributed by atoms with van der Waals surface area (Å²) < 4.78 is 4.82. The van der Waals surface area contributed by atoms with Crippen LogP contribution in [0.4, 0.5) is 0 Å². The van der Waals surface area contributed by atoms with E-state index in [4.69, 9.17) is 9.84 Å². The van der Waals surface area contributed by atoms with Crippen molar-refractivity contribution in [2.24, 2.45) is 0 Å². The van der Waals surface area contributed by atoms with Gasteiger partial charge in [-0.15, -0.1) is 0 Å². The third kappa shape index (κ3) is 7.55. The summed E-state index contributed by atoms with van der Waals surface area (Å²) in [5.74, 6) is -0.264. The summed E-state index contributed by atoms with van der Waals surface area (Å²) in [5, 5.41) is 8.61. The van der Waals surface area contributed by atoms with Crippen molar-refractivity contribution in [3.05, 3.63) is 23.3 Å². The number of aliphatic hydroxyl groups is 1. The van der Waals surface area contributed by atoms with E-state index < -0.39 is 0 Å². The molecule has 0 aliphatic carbocycles. The Morgan fingerprint density at radius 1 is 1.21 bits per heavy atom. The second-order valence-corrected chi connectivity index (χ2v) is 3.27. The second kappa shape index (κ2) is 7.33. The van der Waals surface area contributed by atoms with Crippen LogP contribution in [-0.4, -0.2) is 24.3 Å². The quantitative estimate of drug-likeness (QED) is 0.541. The van der Waals surface area contributed by atoms with Crippen molar-refractivity contribution in [1.29, 1.82) is 0 Å². The lowest BCUT2D eigenvalue weighted by Crippen LogP contribution is -2.01. The molecular formula is C11H18O3. The highest BCUT2D eigenvalue weighted by atomic mass is 16.5. The van der Waals surface area contributed by atoms with E-state index in [1.807, 2.05) is 19.9 Å². The minimum atomic E-state index is -0.264. The SMILES string of the molecule is CC(=O)OC/C(C)=C/C/C(C)=C/CO. The molecule has 0 saturated carbocycles. The molecule has 80 valence electrons. The van der Waals surface area contributed by atoms with Crippen LogP contribution in [0.1, 0.15) is 27.2 Å². The van der Waals surface area contributed by atoms with E-state index in [0.717, 1.165) is 17.6 Å². The molecule has 0 fully saturated rings. The van der Waals surface area contributed by atoms with Crippen molar-refractivity contribution in [2.75, 3.05) is 13.2 Å². The van der Waals surface area contributed by atoms with Gasteiger partial charge in [-0.1, -0.05) is 17.7 Å². The van der Waals surface area contributed by atoms with E-state index in [2.05, 4.69) is 0 Å². The average Bonchev–Trinajstić information content (AvgIpc) is 2.12. The molecule has 0 aromatic carbocycles. The fraction of sp³-hybridized carbons (Fsp3) is 0.545. The third-order valence-electron chi connectivity index (χ3n) is 1.72. The minimum absolute atomic E-state index is 0.0721. The van der Waals surface area contributed by atoms with E-state index in [0.29, 0.717) is 6.61 Å². The molecule has 0 bridgehead atoms. The van der Waals surface area contributed by atoms with Crippen molar-refractivity contribution in [1.82, 2.24) is 0 Å². The molecule has 0 spiro atoms. The maximum atomic E-state index is 10.5. The predicted octanol–water partition coefficient (Wildman–Crippen LogP) is 1.82. The lowest BCUT2D eigenvalue weighted by molar-refractivity contribution is -0.139. The lowest BCUT2D eigenvalue weighted by atomic mass is 10.1. The molecule has 0 rings (SSSR count). The van der Waals surface area contributed by atoms with Gasteiger partial charge >= 0.3 is 5.97 Å². The summed E-state index contributed by atoms with van der Waals surface area (Å²) >= 11 is 0. The summed E-state index contributed by atoms with van der Waals surface area (Å²) in [7, 11) is 0. The van der Waals surface area contributed by atoms with Crippen molar-refractivity contribution in [3.63, 3.8) is 0 Å². The Balaban J connectivity index is 3.87. The fourth-order valence-corrected chi connectivity index (χ4v) is 0.849. The number of carbonyl (C=O) groups excluding carboxylic acids is 1. The van der Waals surface area contributed by atoms with Gasteiger partial charge in [0.2, 0.25) is 0 Å². The summed E-state index contributed by atoms with van der Waals surface area (Å²) in [5.41, 5.74) is 2.13. The first-order chi connectivity index (χ1) is 6.56. The first kappa shape index (κ1) is 12.9. The van der Waals surface area contributed by atoms with E-state index >= 15 is 0 Å².